The van der Waals surface area contributed by atoms with Gasteiger partial charge in [0, 0.05) is 5.56 Å². The number of rotatable bonds is 7. The largest absolute Gasteiger partial charge is 0.490 e. The van der Waals surface area contributed by atoms with E-state index >= 15 is 0 Å². The number of aliphatic imine (C=N–C) groups is 1. The van der Waals surface area contributed by atoms with Crippen molar-refractivity contribution >= 4 is 40.5 Å². The Labute approximate surface area is 207 Å². The predicted octanol–water partition coefficient (Wildman–Crippen LogP) is 6.23. The molecule has 0 aliphatic carbocycles. The molecule has 0 aromatic heterocycles. The third-order valence-corrected chi connectivity index (χ3v) is 5.90. The second-order valence-electron chi connectivity index (χ2n) is 7.69. The molecule has 0 atom stereocenters. The fourth-order valence-corrected chi connectivity index (χ4v) is 4.31. The maximum Gasteiger partial charge on any atom is 0.363 e. The zero-order chi connectivity index (χ0) is 23.4. The Morgan fingerprint density at radius 3 is 2.61 bits per heavy atom. The highest BCUT2D eigenvalue weighted by Gasteiger charge is 2.25. The van der Waals surface area contributed by atoms with Crippen LogP contribution in [0.1, 0.15) is 34.7 Å². The van der Waals surface area contributed by atoms with E-state index in [2.05, 4.69) is 46.6 Å². The third kappa shape index (κ3) is 5.45. The second kappa shape index (κ2) is 10.2. The molecule has 1 aliphatic heterocycles. The maximum absolute atomic E-state index is 12.5. The Morgan fingerprint density at radius 1 is 1.03 bits per heavy atom. The molecule has 0 unspecified atom stereocenters. The number of esters is 1. The first kappa shape index (κ1) is 23.0. The summed E-state index contributed by atoms with van der Waals surface area (Å²) in [6, 6.07) is 19.7. The average molecular weight is 553 g/mol. The molecule has 33 heavy (non-hydrogen) atoms. The highest BCUT2D eigenvalue weighted by Crippen LogP contribution is 2.36. The molecule has 6 heteroatoms. The van der Waals surface area contributed by atoms with E-state index < -0.39 is 5.97 Å². The lowest BCUT2D eigenvalue weighted by Crippen LogP contribution is -2.06. The number of hydrogen-bond donors (Lipinski definition) is 0. The molecule has 3 aromatic carbocycles. The van der Waals surface area contributed by atoms with Gasteiger partial charge in [0.2, 0.25) is 5.90 Å². The van der Waals surface area contributed by atoms with Gasteiger partial charge < -0.3 is 14.2 Å². The van der Waals surface area contributed by atoms with Gasteiger partial charge in [-0.1, -0.05) is 48.0 Å². The normalized spacial score (nSPS) is 14.2. The fraction of sp³-hybridized carbons (Fsp3) is 0.185. The molecule has 168 valence electrons. The average Bonchev–Trinajstić information content (AvgIpc) is 3.13. The van der Waals surface area contributed by atoms with E-state index in [1.165, 1.54) is 5.56 Å². The van der Waals surface area contributed by atoms with Crippen LogP contribution in [0.2, 0.25) is 0 Å². The molecule has 1 aliphatic rings. The van der Waals surface area contributed by atoms with Crippen LogP contribution in [0.4, 0.5) is 0 Å². The van der Waals surface area contributed by atoms with Gasteiger partial charge in [0.1, 0.15) is 6.61 Å². The summed E-state index contributed by atoms with van der Waals surface area (Å²) in [7, 11) is 0. The van der Waals surface area contributed by atoms with Gasteiger partial charge in [-0.15, -0.1) is 0 Å². The van der Waals surface area contributed by atoms with E-state index in [9.17, 15) is 4.79 Å². The van der Waals surface area contributed by atoms with Crippen LogP contribution in [0.5, 0.6) is 11.5 Å². The zero-order valence-corrected chi connectivity index (χ0v) is 20.9. The van der Waals surface area contributed by atoms with Gasteiger partial charge in [-0.2, -0.15) is 0 Å². The lowest BCUT2D eigenvalue weighted by atomic mass is 10.1. The molecule has 0 spiro atoms. The monoisotopic (exact) mass is 553 g/mol. The van der Waals surface area contributed by atoms with Crippen molar-refractivity contribution < 1.29 is 19.0 Å². The van der Waals surface area contributed by atoms with Crippen molar-refractivity contribution in [2.75, 3.05) is 6.61 Å². The number of nitrogens with zero attached hydrogens (tertiary/aromatic N) is 1. The van der Waals surface area contributed by atoms with Gasteiger partial charge in [0.05, 0.1) is 10.2 Å². The first-order chi connectivity index (χ1) is 15.9. The van der Waals surface area contributed by atoms with Crippen LogP contribution in [0.25, 0.3) is 6.08 Å². The molecule has 0 saturated carbocycles. The van der Waals surface area contributed by atoms with Gasteiger partial charge >= 0.3 is 5.97 Å². The van der Waals surface area contributed by atoms with Crippen molar-refractivity contribution in [3.8, 4) is 11.5 Å². The summed E-state index contributed by atoms with van der Waals surface area (Å²) in [4.78, 5) is 16.9. The topological polar surface area (TPSA) is 57.1 Å². The summed E-state index contributed by atoms with van der Waals surface area (Å²) in [5.74, 6) is 1.15. The molecule has 3 aromatic rings. The van der Waals surface area contributed by atoms with Crippen molar-refractivity contribution in [2.45, 2.75) is 27.4 Å². The number of aryl methyl sites for hydroxylation is 2. The van der Waals surface area contributed by atoms with E-state index in [-0.39, 0.29) is 5.70 Å². The zero-order valence-electron chi connectivity index (χ0n) is 18.7. The van der Waals surface area contributed by atoms with Crippen LogP contribution in [0, 0.1) is 17.4 Å². The quantitative estimate of drug-likeness (QED) is 0.198. The Morgan fingerprint density at radius 2 is 1.85 bits per heavy atom. The highest BCUT2D eigenvalue weighted by atomic mass is 127. The Kier molecular flexibility index (Phi) is 7.13. The molecule has 0 radical (unpaired) electrons. The smallest absolute Gasteiger partial charge is 0.363 e. The van der Waals surface area contributed by atoms with Gasteiger partial charge in [0.25, 0.3) is 0 Å². The van der Waals surface area contributed by atoms with Gasteiger partial charge in [-0.3, -0.25) is 0 Å². The van der Waals surface area contributed by atoms with Gasteiger partial charge in [-0.05, 0) is 84.3 Å². The predicted molar refractivity (Wildman–Crippen MR) is 138 cm³/mol. The minimum atomic E-state index is -0.471. The summed E-state index contributed by atoms with van der Waals surface area (Å²) in [5, 5.41) is 0. The van der Waals surface area contributed by atoms with E-state index in [0.29, 0.717) is 30.6 Å². The first-order valence-electron chi connectivity index (χ1n) is 10.7. The lowest BCUT2D eigenvalue weighted by molar-refractivity contribution is -0.129. The van der Waals surface area contributed by atoms with Crippen LogP contribution >= 0.6 is 22.6 Å². The number of hydrogen-bond acceptors (Lipinski definition) is 5. The fourth-order valence-electron chi connectivity index (χ4n) is 3.53. The minimum Gasteiger partial charge on any atom is -0.490 e. The molecule has 0 saturated heterocycles. The van der Waals surface area contributed by atoms with Crippen LogP contribution in [-0.4, -0.2) is 18.5 Å². The number of ether oxygens (including phenoxy) is 3. The summed E-state index contributed by atoms with van der Waals surface area (Å²) < 4.78 is 18.3. The summed E-state index contributed by atoms with van der Waals surface area (Å²) in [6.45, 7) is 6.88. The summed E-state index contributed by atoms with van der Waals surface area (Å²) >= 11 is 2.22. The van der Waals surface area contributed by atoms with E-state index in [1.807, 2.05) is 62.4 Å². The van der Waals surface area contributed by atoms with Gasteiger partial charge in [0.15, 0.2) is 17.2 Å². The molecule has 4 rings (SSSR count). The van der Waals surface area contributed by atoms with E-state index in [0.717, 1.165) is 25.8 Å². The lowest BCUT2D eigenvalue weighted by Gasteiger charge is -2.15. The highest BCUT2D eigenvalue weighted by molar-refractivity contribution is 14.1. The number of cyclic esters (lactones) is 1. The van der Waals surface area contributed by atoms with Crippen LogP contribution in [0.3, 0.4) is 0 Å². The van der Waals surface area contributed by atoms with Crippen LogP contribution < -0.4 is 9.47 Å². The standard InChI is InChI=1S/C27H24INO4/c1-4-31-24-15-20(13-22(28)25(24)32-16-19-10-7-8-17(2)12-19)14-23-27(30)33-26(29-23)21-11-6-5-9-18(21)3/h5-15H,4,16H2,1-3H3/b23-14-. The first-order valence-corrected chi connectivity index (χ1v) is 11.8. The second-order valence-corrected chi connectivity index (χ2v) is 8.85. The van der Waals surface area contributed by atoms with E-state index in [4.69, 9.17) is 14.2 Å². The molecule has 1 heterocycles. The number of halogens is 1. The van der Waals surface area contributed by atoms with Crippen molar-refractivity contribution in [1.29, 1.82) is 0 Å². The van der Waals surface area contributed by atoms with Crippen LogP contribution in [-0.2, 0) is 16.1 Å². The van der Waals surface area contributed by atoms with E-state index in [1.54, 1.807) is 6.08 Å². The number of benzene rings is 3. The Hall–Kier alpha value is -3.13. The van der Waals surface area contributed by atoms with Crippen LogP contribution in [0.15, 0.2) is 71.4 Å². The van der Waals surface area contributed by atoms with Gasteiger partial charge in [-0.25, -0.2) is 9.79 Å². The minimum absolute atomic E-state index is 0.250. The molecule has 0 bridgehead atoms. The Balaban J connectivity index is 1.62. The number of carbonyl (C=O) groups is 1. The van der Waals surface area contributed by atoms with Crippen molar-refractivity contribution in [1.82, 2.24) is 0 Å². The molecule has 5 nitrogen and oxygen atoms in total. The van der Waals surface area contributed by atoms with Crippen molar-refractivity contribution in [3.63, 3.8) is 0 Å². The summed E-state index contributed by atoms with van der Waals surface area (Å²) in [5.41, 5.74) is 5.11. The van der Waals surface area contributed by atoms with Crippen molar-refractivity contribution in [3.05, 3.63) is 97.7 Å². The summed E-state index contributed by atoms with van der Waals surface area (Å²) in [6.07, 6.45) is 1.71. The molecular weight excluding hydrogens is 529 g/mol. The molecular formula is C27H24INO4. The molecule has 0 fully saturated rings. The maximum atomic E-state index is 12.5. The van der Waals surface area contributed by atoms with Crippen molar-refractivity contribution in [2.24, 2.45) is 4.99 Å². The SMILES string of the molecule is CCOc1cc(/C=C2\N=C(c3ccccc3C)OC2=O)cc(I)c1OCc1cccc(C)c1. The Bertz CT molecular complexity index is 1260. The third-order valence-electron chi connectivity index (χ3n) is 5.10. The molecule has 0 N–H and O–H groups in total. The molecule has 0 amide bonds. The number of carbonyl (C=O) groups excluding carboxylic acids is 1.